The lowest BCUT2D eigenvalue weighted by Gasteiger charge is -2.34. The van der Waals surface area contributed by atoms with E-state index in [4.69, 9.17) is 16.3 Å². The third-order valence-electron chi connectivity index (χ3n) is 4.41. The van der Waals surface area contributed by atoms with Gasteiger partial charge in [0.15, 0.2) is 0 Å². The Morgan fingerprint density at radius 1 is 1.35 bits per heavy atom. The minimum absolute atomic E-state index is 0.273. The summed E-state index contributed by atoms with van der Waals surface area (Å²) in [4.78, 5) is 4.69. The molecule has 0 aliphatic carbocycles. The zero-order chi connectivity index (χ0) is 14.2. The summed E-state index contributed by atoms with van der Waals surface area (Å²) in [7, 11) is 0. The first kappa shape index (κ1) is 13.9. The van der Waals surface area contributed by atoms with Crippen LogP contribution in [0.25, 0.3) is 11.0 Å². The fraction of sp³-hybridized carbons (Fsp3) is 0.562. The monoisotopic (exact) mass is 292 g/mol. The van der Waals surface area contributed by atoms with Crippen LogP contribution in [-0.2, 0) is 17.2 Å². The molecule has 1 aliphatic heterocycles. The summed E-state index contributed by atoms with van der Waals surface area (Å²) in [6, 6.07) is 6.27. The molecule has 1 saturated heterocycles. The maximum absolute atomic E-state index is 6.11. The van der Waals surface area contributed by atoms with Crippen LogP contribution in [0.1, 0.15) is 31.2 Å². The molecule has 0 saturated carbocycles. The van der Waals surface area contributed by atoms with Gasteiger partial charge in [-0.15, -0.1) is 11.6 Å². The Morgan fingerprint density at radius 2 is 2.10 bits per heavy atom. The average molecular weight is 293 g/mol. The molecule has 3 rings (SSSR count). The molecule has 1 aromatic carbocycles. The number of hydrogen-bond acceptors (Lipinski definition) is 2. The van der Waals surface area contributed by atoms with E-state index in [1.807, 2.05) is 0 Å². The van der Waals surface area contributed by atoms with E-state index >= 15 is 0 Å². The first-order chi connectivity index (χ1) is 9.63. The summed E-state index contributed by atoms with van der Waals surface area (Å²) in [5.74, 6) is 1.43. The van der Waals surface area contributed by atoms with Crippen molar-refractivity contribution in [2.24, 2.45) is 5.41 Å². The summed E-state index contributed by atoms with van der Waals surface area (Å²) < 4.78 is 7.82. The Kier molecular flexibility index (Phi) is 3.74. The molecule has 20 heavy (non-hydrogen) atoms. The third-order valence-corrected chi connectivity index (χ3v) is 4.65. The number of fused-ring (bicyclic) bond motifs is 1. The zero-order valence-electron chi connectivity index (χ0n) is 12.2. The van der Waals surface area contributed by atoms with Crippen molar-refractivity contribution in [2.45, 2.75) is 39.1 Å². The maximum Gasteiger partial charge on any atom is 0.124 e. The Balaban J connectivity index is 2.05. The lowest BCUT2D eigenvalue weighted by atomic mass is 9.82. The topological polar surface area (TPSA) is 27.1 Å². The smallest absolute Gasteiger partial charge is 0.124 e. The number of aryl methyl sites for hydroxylation is 1. The third kappa shape index (κ3) is 2.45. The van der Waals surface area contributed by atoms with Gasteiger partial charge >= 0.3 is 0 Å². The van der Waals surface area contributed by atoms with Gasteiger partial charge in [0.2, 0.25) is 0 Å². The molecule has 1 aromatic heterocycles. The summed E-state index contributed by atoms with van der Waals surface area (Å²) in [5, 5.41) is 0. The first-order valence-corrected chi connectivity index (χ1v) is 7.75. The van der Waals surface area contributed by atoms with E-state index < -0.39 is 0 Å². The normalized spacial score (nSPS) is 18.6. The molecule has 0 atom stereocenters. The van der Waals surface area contributed by atoms with Crippen LogP contribution in [-0.4, -0.2) is 22.8 Å². The molecule has 0 spiro atoms. The van der Waals surface area contributed by atoms with Crippen LogP contribution in [0.5, 0.6) is 0 Å². The van der Waals surface area contributed by atoms with Gasteiger partial charge in [0.1, 0.15) is 5.82 Å². The highest BCUT2D eigenvalue weighted by molar-refractivity contribution is 6.16. The van der Waals surface area contributed by atoms with Crippen molar-refractivity contribution >= 4 is 22.6 Å². The summed E-state index contributed by atoms with van der Waals surface area (Å²) in [6.07, 6.45) is 2.20. The second-order valence-corrected chi connectivity index (χ2v) is 6.38. The Hall–Kier alpha value is -1.06. The molecule has 0 radical (unpaired) electrons. The van der Waals surface area contributed by atoms with Crippen LogP contribution in [0.2, 0.25) is 0 Å². The maximum atomic E-state index is 6.11. The van der Waals surface area contributed by atoms with Gasteiger partial charge in [-0.2, -0.15) is 0 Å². The molecule has 1 aliphatic rings. The van der Waals surface area contributed by atoms with Gasteiger partial charge in [-0.25, -0.2) is 4.98 Å². The number of benzene rings is 1. The number of rotatable bonds is 3. The van der Waals surface area contributed by atoms with Crippen molar-refractivity contribution in [1.82, 2.24) is 9.55 Å². The van der Waals surface area contributed by atoms with Crippen molar-refractivity contribution in [3.63, 3.8) is 0 Å². The van der Waals surface area contributed by atoms with Crippen molar-refractivity contribution < 1.29 is 4.74 Å². The van der Waals surface area contributed by atoms with Crippen LogP contribution in [0.4, 0.5) is 0 Å². The number of para-hydroxylation sites is 1. The molecule has 108 valence electrons. The van der Waals surface area contributed by atoms with Gasteiger partial charge in [-0.1, -0.05) is 19.1 Å². The van der Waals surface area contributed by atoms with Gasteiger partial charge in [-0.3, -0.25) is 0 Å². The summed E-state index contributed by atoms with van der Waals surface area (Å²) in [5.41, 5.74) is 3.82. The van der Waals surface area contributed by atoms with Crippen molar-refractivity contribution in [3.05, 3.63) is 29.6 Å². The average Bonchev–Trinajstić information content (AvgIpc) is 2.78. The van der Waals surface area contributed by atoms with Gasteiger partial charge in [0, 0.05) is 19.8 Å². The molecule has 0 N–H and O–H groups in total. The van der Waals surface area contributed by atoms with Crippen LogP contribution < -0.4 is 0 Å². The summed E-state index contributed by atoms with van der Waals surface area (Å²) >= 11 is 6.11. The van der Waals surface area contributed by atoms with Gasteiger partial charge < -0.3 is 9.30 Å². The predicted molar refractivity (Wildman–Crippen MR) is 82.2 cm³/mol. The minimum Gasteiger partial charge on any atom is -0.381 e. The van der Waals surface area contributed by atoms with E-state index in [0.29, 0.717) is 5.88 Å². The molecular weight excluding hydrogens is 272 g/mol. The van der Waals surface area contributed by atoms with Crippen molar-refractivity contribution in [2.75, 3.05) is 13.2 Å². The van der Waals surface area contributed by atoms with E-state index in [1.54, 1.807) is 0 Å². The van der Waals surface area contributed by atoms with Crippen LogP contribution in [0.15, 0.2) is 18.2 Å². The van der Waals surface area contributed by atoms with E-state index in [2.05, 4.69) is 41.6 Å². The summed E-state index contributed by atoms with van der Waals surface area (Å²) in [6.45, 7) is 7.18. The highest BCUT2D eigenvalue weighted by atomic mass is 35.5. The van der Waals surface area contributed by atoms with Crippen LogP contribution in [0, 0.1) is 12.3 Å². The van der Waals surface area contributed by atoms with Crippen LogP contribution >= 0.6 is 11.6 Å². The first-order valence-electron chi connectivity index (χ1n) is 7.21. The minimum atomic E-state index is 0.273. The number of hydrogen-bond donors (Lipinski definition) is 0. The van der Waals surface area contributed by atoms with E-state index in [-0.39, 0.29) is 5.41 Å². The van der Waals surface area contributed by atoms with Crippen LogP contribution in [0.3, 0.4) is 0 Å². The molecule has 2 aromatic rings. The van der Waals surface area contributed by atoms with Gasteiger partial charge in [-0.05, 0) is 36.8 Å². The Labute approximate surface area is 124 Å². The highest BCUT2D eigenvalue weighted by Crippen LogP contribution is 2.34. The molecule has 0 amide bonds. The van der Waals surface area contributed by atoms with Gasteiger partial charge in [0.05, 0.1) is 16.9 Å². The predicted octanol–water partition coefficient (Wildman–Crippen LogP) is 3.90. The number of nitrogens with zero attached hydrogens (tertiary/aromatic N) is 2. The number of alkyl halides is 1. The van der Waals surface area contributed by atoms with Crippen molar-refractivity contribution in [3.8, 4) is 0 Å². The largest absolute Gasteiger partial charge is 0.381 e. The van der Waals surface area contributed by atoms with E-state index in [1.165, 1.54) is 11.1 Å². The fourth-order valence-electron chi connectivity index (χ4n) is 3.09. The second kappa shape index (κ2) is 5.38. The van der Waals surface area contributed by atoms with Gasteiger partial charge in [0.25, 0.3) is 0 Å². The molecule has 0 bridgehead atoms. The quantitative estimate of drug-likeness (QED) is 0.802. The van der Waals surface area contributed by atoms with E-state index in [9.17, 15) is 0 Å². The standard InChI is InChI=1S/C16H21ClN2O/c1-12-4-3-5-13-15(12)19(14(10-17)18-13)11-16(2)6-8-20-9-7-16/h3-5H,6-11H2,1-2H3. The molecule has 3 nitrogen and oxygen atoms in total. The molecule has 0 unspecified atom stereocenters. The number of ether oxygens (including phenoxy) is 1. The lowest BCUT2D eigenvalue weighted by molar-refractivity contribution is 0.0157. The fourth-order valence-corrected chi connectivity index (χ4v) is 3.29. The Morgan fingerprint density at radius 3 is 2.80 bits per heavy atom. The molecular formula is C16H21ClN2O. The Bertz CT molecular complexity index is 614. The van der Waals surface area contributed by atoms with Crippen molar-refractivity contribution in [1.29, 1.82) is 0 Å². The zero-order valence-corrected chi connectivity index (χ0v) is 12.9. The molecule has 1 fully saturated rings. The second-order valence-electron chi connectivity index (χ2n) is 6.11. The number of imidazole rings is 1. The highest BCUT2D eigenvalue weighted by Gasteiger charge is 2.29. The molecule has 2 heterocycles. The number of halogens is 1. The lowest BCUT2D eigenvalue weighted by Crippen LogP contribution is -2.31. The molecule has 4 heteroatoms. The number of aromatic nitrogens is 2. The van der Waals surface area contributed by atoms with E-state index in [0.717, 1.165) is 43.9 Å². The SMILES string of the molecule is Cc1cccc2nc(CCl)n(CC3(C)CCOCC3)c12.